The molecule has 94 valence electrons. The minimum atomic E-state index is -0.255. The molecule has 0 bridgehead atoms. The lowest BCUT2D eigenvalue weighted by Gasteiger charge is -2.31. The van der Waals surface area contributed by atoms with Crippen molar-refractivity contribution in [1.29, 1.82) is 0 Å². The van der Waals surface area contributed by atoms with Gasteiger partial charge in [0, 0.05) is 25.6 Å². The third kappa shape index (κ3) is 3.06. The van der Waals surface area contributed by atoms with Gasteiger partial charge in [-0.05, 0) is 19.3 Å². The second kappa shape index (κ2) is 5.31. The monoisotopic (exact) mass is 236 g/mol. The van der Waals surface area contributed by atoms with Crippen molar-refractivity contribution < 1.29 is 5.11 Å². The standard InChI is InChI=1S/C12H20N4O/c1-2-4-11-14-10(13)7-12(15-11)16-6-3-5-9(17)8-16/h7,9,17H,2-6,8H2,1H3,(H2,13,14,15). The summed E-state index contributed by atoms with van der Waals surface area (Å²) in [6.45, 7) is 3.66. The largest absolute Gasteiger partial charge is 0.391 e. The molecule has 1 aliphatic heterocycles. The molecule has 17 heavy (non-hydrogen) atoms. The van der Waals surface area contributed by atoms with E-state index >= 15 is 0 Å². The summed E-state index contributed by atoms with van der Waals surface area (Å²) in [5.41, 5.74) is 5.79. The number of piperidine rings is 1. The van der Waals surface area contributed by atoms with E-state index in [1.807, 2.05) is 0 Å². The van der Waals surface area contributed by atoms with E-state index in [1.165, 1.54) is 0 Å². The van der Waals surface area contributed by atoms with Crippen LogP contribution in [0.1, 0.15) is 32.0 Å². The number of β-amino-alcohol motifs (C(OH)–C–C–N with tert-alkyl or cyclic N) is 1. The Balaban J connectivity index is 2.18. The summed E-state index contributed by atoms with van der Waals surface area (Å²) in [6, 6.07) is 1.79. The number of anilines is 2. The highest BCUT2D eigenvalue weighted by Crippen LogP contribution is 2.19. The zero-order valence-electron chi connectivity index (χ0n) is 10.3. The molecule has 1 aliphatic rings. The maximum atomic E-state index is 9.67. The summed E-state index contributed by atoms with van der Waals surface area (Å²) in [4.78, 5) is 10.8. The van der Waals surface area contributed by atoms with Crippen LogP contribution >= 0.6 is 0 Å². The smallest absolute Gasteiger partial charge is 0.134 e. The molecule has 2 heterocycles. The number of aryl methyl sites for hydroxylation is 1. The number of hydrogen-bond donors (Lipinski definition) is 2. The summed E-state index contributed by atoms with van der Waals surface area (Å²) in [7, 11) is 0. The fraction of sp³-hybridized carbons (Fsp3) is 0.667. The van der Waals surface area contributed by atoms with Gasteiger partial charge < -0.3 is 15.7 Å². The molecular weight excluding hydrogens is 216 g/mol. The number of nitrogens with zero attached hydrogens (tertiary/aromatic N) is 3. The van der Waals surface area contributed by atoms with Crippen molar-refractivity contribution in [3.63, 3.8) is 0 Å². The lowest BCUT2D eigenvalue weighted by Crippen LogP contribution is -2.38. The Morgan fingerprint density at radius 3 is 3.06 bits per heavy atom. The predicted octanol–water partition coefficient (Wildman–Crippen LogP) is 0.972. The van der Waals surface area contributed by atoms with Crippen molar-refractivity contribution in [2.75, 3.05) is 23.7 Å². The van der Waals surface area contributed by atoms with Crippen molar-refractivity contribution in [3.05, 3.63) is 11.9 Å². The van der Waals surface area contributed by atoms with E-state index in [-0.39, 0.29) is 6.10 Å². The molecule has 1 unspecified atom stereocenters. The molecule has 0 aromatic carbocycles. The molecule has 5 heteroatoms. The van der Waals surface area contributed by atoms with Crippen LogP contribution < -0.4 is 10.6 Å². The maximum absolute atomic E-state index is 9.67. The molecule has 1 aromatic rings. The highest BCUT2D eigenvalue weighted by molar-refractivity contribution is 5.47. The number of aromatic nitrogens is 2. The van der Waals surface area contributed by atoms with Gasteiger partial charge >= 0.3 is 0 Å². The van der Waals surface area contributed by atoms with Crippen LogP contribution in [0.15, 0.2) is 6.07 Å². The zero-order valence-corrected chi connectivity index (χ0v) is 10.3. The van der Waals surface area contributed by atoms with Crippen molar-refractivity contribution >= 4 is 11.6 Å². The molecule has 0 saturated carbocycles. The molecule has 5 nitrogen and oxygen atoms in total. The Kier molecular flexibility index (Phi) is 3.78. The zero-order chi connectivity index (χ0) is 12.3. The lowest BCUT2D eigenvalue weighted by molar-refractivity contribution is 0.154. The normalized spacial score (nSPS) is 20.6. The molecule has 0 spiro atoms. The van der Waals surface area contributed by atoms with Gasteiger partial charge in [0.25, 0.3) is 0 Å². The minimum absolute atomic E-state index is 0.255. The Morgan fingerprint density at radius 1 is 1.53 bits per heavy atom. The Bertz CT molecular complexity index is 383. The van der Waals surface area contributed by atoms with Crippen LogP contribution in [0.3, 0.4) is 0 Å². The van der Waals surface area contributed by atoms with Gasteiger partial charge in [0.15, 0.2) is 0 Å². The Hall–Kier alpha value is -1.36. The van der Waals surface area contributed by atoms with Crippen molar-refractivity contribution in [1.82, 2.24) is 9.97 Å². The SMILES string of the molecule is CCCc1nc(N)cc(N2CCCC(O)C2)n1. The summed E-state index contributed by atoms with van der Waals surface area (Å²) in [6.07, 6.45) is 3.46. The quantitative estimate of drug-likeness (QED) is 0.818. The average molecular weight is 236 g/mol. The van der Waals surface area contributed by atoms with Gasteiger partial charge in [-0.25, -0.2) is 9.97 Å². The maximum Gasteiger partial charge on any atom is 0.134 e. The third-order valence-electron chi connectivity index (χ3n) is 2.97. The van der Waals surface area contributed by atoms with E-state index in [0.717, 1.165) is 43.9 Å². The Morgan fingerprint density at radius 2 is 2.35 bits per heavy atom. The van der Waals surface area contributed by atoms with Gasteiger partial charge in [-0.1, -0.05) is 6.92 Å². The number of rotatable bonds is 3. The van der Waals surface area contributed by atoms with Crippen molar-refractivity contribution in [3.8, 4) is 0 Å². The van der Waals surface area contributed by atoms with E-state index in [9.17, 15) is 5.11 Å². The number of nitrogens with two attached hydrogens (primary N) is 1. The highest BCUT2D eigenvalue weighted by Gasteiger charge is 2.19. The summed E-state index contributed by atoms with van der Waals surface area (Å²) >= 11 is 0. The summed E-state index contributed by atoms with van der Waals surface area (Å²) in [5, 5.41) is 9.67. The van der Waals surface area contributed by atoms with E-state index in [4.69, 9.17) is 5.73 Å². The first kappa shape index (κ1) is 12.1. The highest BCUT2D eigenvalue weighted by atomic mass is 16.3. The molecule has 1 aromatic heterocycles. The molecule has 0 radical (unpaired) electrons. The van der Waals surface area contributed by atoms with E-state index < -0.39 is 0 Å². The Labute approximate surface area is 102 Å². The molecule has 0 amide bonds. The van der Waals surface area contributed by atoms with Gasteiger partial charge in [0.05, 0.1) is 6.10 Å². The van der Waals surface area contributed by atoms with Crippen LogP contribution in [-0.4, -0.2) is 34.3 Å². The number of aliphatic hydroxyl groups excluding tert-OH is 1. The van der Waals surface area contributed by atoms with Crippen LogP contribution in [0, 0.1) is 0 Å². The van der Waals surface area contributed by atoms with Gasteiger partial charge in [-0.2, -0.15) is 0 Å². The van der Waals surface area contributed by atoms with E-state index in [0.29, 0.717) is 12.4 Å². The first-order chi connectivity index (χ1) is 8.19. The molecule has 1 saturated heterocycles. The molecule has 1 fully saturated rings. The van der Waals surface area contributed by atoms with Crippen LogP contribution in [0.25, 0.3) is 0 Å². The van der Waals surface area contributed by atoms with Crippen LogP contribution in [0.4, 0.5) is 11.6 Å². The van der Waals surface area contributed by atoms with Gasteiger partial charge in [0.2, 0.25) is 0 Å². The molecule has 1 atom stereocenters. The topological polar surface area (TPSA) is 75.3 Å². The number of nitrogen functional groups attached to an aromatic ring is 1. The second-order valence-corrected chi connectivity index (χ2v) is 4.56. The molecule has 2 rings (SSSR count). The number of hydrogen-bond acceptors (Lipinski definition) is 5. The van der Waals surface area contributed by atoms with Gasteiger partial charge in [-0.15, -0.1) is 0 Å². The molecule has 0 aliphatic carbocycles. The lowest BCUT2D eigenvalue weighted by atomic mass is 10.1. The fourth-order valence-corrected chi connectivity index (χ4v) is 2.16. The van der Waals surface area contributed by atoms with E-state index in [2.05, 4.69) is 21.8 Å². The first-order valence-electron chi connectivity index (χ1n) is 6.25. The van der Waals surface area contributed by atoms with E-state index in [1.54, 1.807) is 6.07 Å². The van der Waals surface area contributed by atoms with Crippen LogP contribution in [-0.2, 0) is 6.42 Å². The summed E-state index contributed by atoms with van der Waals surface area (Å²) < 4.78 is 0. The van der Waals surface area contributed by atoms with Crippen LogP contribution in [0.2, 0.25) is 0 Å². The molecular formula is C12H20N4O. The predicted molar refractivity (Wildman–Crippen MR) is 67.9 cm³/mol. The average Bonchev–Trinajstić information content (AvgIpc) is 2.28. The first-order valence-corrected chi connectivity index (χ1v) is 6.25. The summed E-state index contributed by atoms with van der Waals surface area (Å²) in [5.74, 6) is 2.15. The van der Waals surface area contributed by atoms with Crippen molar-refractivity contribution in [2.45, 2.75) is 38.7 Å². The minimum Gasteiger partial charge on any atom is -0.391 e. The van der Waals surface area contributed by atoms with Crippen molar-refractivity contribution in [2.24, 2.45) is 0 Å². The van der Waals surface area contributed by atoms with Crippen LogP contribution in [0.5, 0.6) is 0 Å². The second-order valence-electron chi connectivity index (χ2n) is 4.56. The fourth-order valence-electron chi connectivity index (χ4n) is 2.16. The third-order valence-corrected chi connectivity index (χ3v) is 2.97. The molecule has 3 N–H and O–H groups in total. The number of aliphatic hydroxyl groups is 1. The van der Waals surface area contributed by atoms with Gasteiger partial charge in [-0.3, -0.25) is 0 Å². The van der Waals surface area contributed by atoms with Gasteiger partial charge in [0.1, 0.15) is 17.5 Å².